The van der Waals surface area contributed by atoms with Gasteiger partial charge in [-0.2, -0.15) is 13.9 Å². The molecule has 1 heterocycles. The second kappa shape index (κ2) is 7.04. The minimum Gasteiger partial charge on any atom is -0.466 e. The number of nitrogens with zero attached hydrogens (tertiary/aromatic N) is 1. The van der Waals surface area contributed by atoms with E-state index in [9.17, 15) is 13.6 Å². The molecule has 0 saturated carbocycles. The van der Waals surface area contributed by atoms with Crippen molar-refractivity contribution in [3.63, 3.8) is 0 Å². The van der Waals surface area contributed by atoms with Crippen LogP contribution in [-0.4, -0.2) is 18.2 Å². The highest BCUT2D eigenvalue weighted by molar-refractivity contribution is 6.02. The number of benzene rings is 1. The van der Waals surface area contributed by atoms with E-state index in [0.717, 1.165) is 0 Å². The molecule has 1 amide bonds. The summed E-state index contributed by atoms with van der Waals surface area (Å²) in [4.78, 5) is 12.0. The molecular formula is C16H16F2N2O3. The van der Waals surface area contributed by atoms with Crippen molar-refractivity contribution >= 4 is 11.6 Å². The lowest BCUT2D eigenvalue weighted by molar-refractivity contribution is -0.0499. The monoisotopic (exact) mass is 322 g/mol. The Hall–Kier alpha value is -2.70. The molecule has 0 spiro atoms. The molecule has 5 nitrogen and oxygen atoms in total. The van der Waals surface area contributed by atoms with Crippen LogP contribution in [-0.2, 0) is 0 Å². The van der Waals surface area contributed by atoms with Gasteiger partial charge >= 0.3 is 6.61 Å². The molecule has 0 atom stereocenters. The number of halogens is 2. The first-order valence-corrected chi connectivity index (χ1v) is 6.84. The Labute approximate surface area is 131 Å². The number of furan rings is 1. The van der Waals surface area contributed by atoms with Gasteiger partial charge in [-0.15, -0.1) is 0 Å². The summed E-state index contributed by atoms with van der Waals surface area (Å²) in [7, 11) is 0. The standard InChI is InChI=1S/C16H16F2N2O3/c1-9-8-13(11(3)22-9)15(21)20-19-10(2)12-6-4-5-7-14(12)23-16(17)18/h4-8,16H,1-3H3,(H,20,21). The summed E-state index contributed by atoms with van der Waals surface area (Å²) in [5.74, 6) is 0.651. The van der Waals surface area contributed by atoms with Crippen molar-refractivity contribution in [3.05, 3.63) is 53.0 Å². The van der Waals surface area contributed by atoms with Gasteiger partial charge in [-0.3, -0.25) is 4.79 Å². The van der Waals surface area contributed by atoms with Crippen molar-refractivity contribution in [2.75, 3.05) is 0 Å². The van der Waals surface area contributed by atoms with Crippen LogP contribution in [0.4, 0.5) is 8.78 Å². The molecule has 1 N–H and O–H groups in total. The molecular weight excluding hydrogens is 306 g/mol. The molecule has 0 radical (unpaired) electrons. The lowest BCUT2D eigenvalue weighted by Crippen LogP contribution is -2.20. The van der Waals surface area contributed by atoms with Gasteiger partial charge < -0.3 is 9.15 Å². The van der Waals surface area contributed by atoms with E-state index in [0.29, 0.717) is 28.4 Å². The fourth-order valence-corrected chi connectivity index (χ4v) is 2.08. The van der Waals surface area contributed by atoms with Gasteiger partial charge in [0.1, 0.15) is 17.3 Å². The van der Waals surface area contributed by atoms with Crippen LogP contribution in [0.2, 0.25) is 0 Å². The Bertz CT molecular complexity index is 739. The highest BCUT2D eigenvalue weighted by atomic mass is 19.3. The Kier molecular flexibility index (Phi) is 5.10. The van der Waals surface area contributed by atoms with Gasteiger partial charge in [0.05, 0.1) is 11.3 Å². The maximum absolute atomic E-state index is 12.4. The third-order valence-corrected chi connectivity index (χ3v) is 3.10. The Balaban J connectivity index is 2.17. The second-order valence-corrected chi connectivity index (χ2v) is 4.84. The van der Waals surface area contributed by atoms with Crippen LogP contribution >= 0.6 is 0 Å². The zero-order valence-electron chi connectivity index (χ0n) is 12.9. The number of rotatable bonds is 5. The van der Waals surface area contributed by atoms with Gasteiger partial charge in [-0.1, -0.05) is 12.1 Å². The third kappa shape index (κ3) is 4.15. The topological polar surface area (TPSA) is 63.8 Å². The minimum absolute atomic E-state index is 0.00617. The highest BCUT2D eigenvalue weighted by Gasteiger charge is 2.14. The summed E-state index contributed by atoms with van der Waals surface area (Å²) >= 11 is 0. The molecule has 1 aromatic heterocycles. The molecule has 0 aliphatic rings. The fraction of sp³-hybridized carbons (Fsp3) is 0.250. The number of amides is 1. The molecule has 7 heteroatoms. The van der Waals surface area contributed by atoms with E-state index >= 15 is 0 Å². The number of carbonyl (C=O) groups is 1. The van der Waals surface area contributed by atoms with Gasteiger partial charge in [-0.05, 0) is 39.0 Å². The van der Waals surface area contributed by atoms with Crippen LogP contribution in [0.3, 0.4) is 0 Å². The zero-order valence-corrected chi connectivity index (χ0v) is 12.9. The number of alkyl halides is 2. The van der Waals surface area contributed by atoms with Crippen LogP contribution < -0.4 is 10.2 Å². The first-order chi connectivity index (χ1) is 10.9. The number of nitrogens with one attached hydrogen (secondary N) is 1. The largest absolute Gasteiger partial charge is 0.466 e. The second-order valence-electron chi connectivity index (χ2n) is 4.84. The van der Waals surface area contributed by atoms with Crippen molar-refractivity contribution in [3.8, 4) is 5.75 Å². The summed E-state index contributed by atoms with van der Waals surface area (Å²) in [6, 6.07) is 7.83. The number of hydrogen-bond acceptors (Lipinski definition) is 4. The number of hydrazone groups is 1. The van der Waals surface area contributed by atoms with E-state index < -0.39 is 12.5 Å². The number of ether oxygens (including phenoxy) is 1. The lowest BCUT2D eigenvalue weighted by Gasteiger charge is -2.10. The summed E-state index contributed by atoms with van der Waals surface area (Å²) in [6.45, 7) is 2.05. The van der Waals surface area contributed by atoms with Gasteiger partial charge in [0, 0.05) is 5.56 Å². The smallest absolute Gasteiger partial charge is 0.387 e. The molecule has 0 aliphatic carbocycles. The average molecular weight is 322 g/mol. The van der Waals surface area contributed by atoms with Crippen LogP contribution in [0.15, 0.2) is 39.9 Å². The Morgan fingerprint density at radius 1 is 1.26 bits per heavy atom. The number of hydrogen-bond donors (Lipinski definition) is 1. The molecule has 2 aromatic rings. The highest BCUT2D eigenvalue weighted by Crippen LogP contribution is 2.21. The van der Waals surface area contributed by atoms with E-state index in [4.69, 9.17) is 4.42 Å². The predicted octanol–water partition coefficient (Wildman–Crippen LogP) is 3.65. The summed E-state index contributed by atoms with van der Waals surface area (Å²) in [5, 5.41) is 3.94. The molecule has 0 aliphatic heterocycles. The van der Waals surface area contributed by atoms with E-state index in [1.54, 1.807) is 45.0 Å². The van der Waals surface area contributed by atoms with E-state index in [1.165, 1.54) is 6.07 Å². The molecule has 0 saturated heterocycles. The van der Waals surface area contributed by atoms with Gasteiger partial charge in [-0.25, -0.2) is 5.43 Å². The Morgan fingerprint density at radius 2 is 1.96 bits per heavy atom. The van der Waals surface area contributed by atoms with Gasteiger partial charge in [0.2, 0.25) is 0 Å². The molecule has 0 bridgehead atoms. The van der Waals surface area contributed by atoms with Crippen molar-refractivity contribution in [2.24, 2.45) is 5.10 Å². The lowest BCUT2D eigenvalue weighted by atomic mass is 10.1. The van der Waals surface area contributed by atoms with Crippen LogP contribution in [0.1, 0.15) is 34.4 Å². The van der Waals surface area contributed by atoms with E-state index in [1.807, 2.05) is 0 Å². The van der Waals surface area contributed by atoms with Crippen LogP contribution in [0, 0.1) is 13.8 Å². The van der Waals surface area contributed by atoms with Crippen LogP contribution in [0.5, 0.6) is 5.75 Å². The normalized spacial score (nSPS) is 11.7. The zero-order chi connectivity index (χ0) is 17.0. The minimum atomic E-state index is -2.94. The SMILES string of the molecule is CC(=NNC(=O)c1cc(C)oc1C)c1ccccc1OC(F)F. The Morgan fingerprint density at radius 3 is 2.57 bits per heavy atom. The molecule has 23 heavy (non-hydrogen) atoms. The van der Waals surface area contributed by atoms with Crippen molar-refractivity contribution in [2.45, 2.75) is 27.4 Å². The maximum atomic E-state index is 12.4. The number of aryl methyl sites for hydroxylation is 2. The summed E-state index contributed by atoms with van der Waals surface area (Å²) < 4.78 is 34.5. The number of para-hydroxylation sites is 1. The summed E-state index contributed by atoms with van der Waals surface area (Å²) in [6.07, 6.45) is 0. The third-order valence-electron chi connectivity index (χ3n) is 3.10. The van der Waals surface area contributed by atoms with E-state index in [2.05, 4.69) is 15.3 Å². The molecule has 0 fully saturated rings. The maximum Gasteiger partial charge on any atom is 0.387 e. The van der Waals surface area contributed by atoms with E-state index in [-0.39, 0.29) is 5.75 Å². The molecule has 1 aromatic carbocycles. The predicted molar refractivity (Wildman–Crippen MR) is 80.9 cm³/mol. The fourth-order valence-electron chi connectivity index (χ4n) is 2.08. The summed E-state index contributed by atoms with van der Waals surface area (Å²) in [5.41, 5.74) is 3.46. The van der Waals surface area contributed by atoms with Crippen molar-refractivity contribution < 1.29 is 22.7 Å². The van der Waals surface area contributed by atoms with Crippen molar-refractivity contribution in [1.82, 2.24) is 5.43 Å². The number of carbonyl (C=O) groups excluding carboxylic acids is 1. The first-order valence-electron chi connectivity index (χ1n) is 6.84. The average Bonchev–Trinajstić information content (AvgIpc) is 2.83. The molecule has 122 valence electrons. The van der Waals surface area contributed by atoms with Crippen molar-refractivity contribution in [1.29, 1.82) is 0 Å². The first kappa shape index (κ1) is 16.7. The van der Waals surface area contributed by atoms with Gasteiger partial charge in [0.15, 0.2) is 0 Å². The molecule has 2 rings (SSSR count). The van der Waals surface area contributed by atoms with Gasteiger partial charge in [0.25, 0.3) is 5.91 Å². The quantitative estimate of drug-likeness (QED) is 0.675. The van der Waals surface area contributed by atoms with Crippen LogP contribution in [0.25, 0.3) is 0 Å². The molecule has 0 unspecified atom stereocenters.